The third-order valence-electron chi connectivity index (χ3n) is 5.00. The number of carbonyl (C=O) groups is 1. The fourth-order valence-electron chi connectivity index (χ4n) is 3.63. The number of likely N-dealkylation sites (tertiary alicyclic amines) is 1. The molecule has 0 aliphatic carbocycles. The molecule has 1 saturated heterocycles. The number of hydrogen-bond acceptors (Lipinski definition) is 5. The molecule has 1 amide bonds. The van der Waals surface area contributed by atoms with Crippen molar-refractivity contribution in [3.63, 3.8) is 0 Å². The molecule has 0 radical (unpaired) electrons. The zero-order chi connectivity index (χ0) is 18.3. The molecule has 3 heterocycles. The van der Waals surface area contributed by atoms with E-state index in [1.54, 1.807) is 11.3 Å². The van der Waals surface area contributed by atoms with E-state index in [0.717, 1.165) is 29.9 Å². The number of nitrogens with zero attached hydrogens (tertiary/aromatic N) is 3. The minimum Gasteiger partial charge on any atom is -0.360 e. The monoisotopic (exact) mass is 369 g/mol. The van der Waals surface area contributed by atoms with E-state index in [1.807, 2.05) is 37.8 Å². The summed E-state index contributed by atoms with van der Waals surface area (Å²) in [6.45, 7) is 7.38. The van der Waals surface area contributed by atoms with E-state index in [-0.39, 0.29) is 11.8 Å². The summed E-state index contributed by atoms with van der Waals surface area (Å²) in [6, 6.07) is 8.22. The predicted molar refractivity (Wildman–Crippen MR) is 103 cm³/mol. The van der Waals surface area contributed by atoms with Crippen LogP contribution < -0.4 is 0 Å². The summed E-state index contributed by atoms with van der Waals surface area (Å²) in [5.74, 6) is 1.17. The van der Waals surface area contributed by atoms with E-state index >= 15 is 0 Å². The van der Waals surface area contributed by atoms with Crippen LogP contribution in [0.5, 0.6) is 0 Å². The second-order valence-corrected chi connectivity index (χ2v) is 8.33. The minimum absolute atomic E-state index is 0.0401. The van der Waals surface area contributed by atoms with Crippen LogP contribution in [0, 0.1) is 6.92 Å². The van der Waals surface area contributed by atoms with Crippen molar-refractivity contribution < 1.29 is 9.32 Å². The number of thiazole rings is 1. The number of aryl methyl sites for hydroxylation is 1. The van der Waals surface area contributed by atoms with Crippen LogP contribution in [-0.4, -0.2) is 34.0 Å². The normalized spacial score (nSPS) is 18.0. The lowest BCUT2D eigenvalue weighted by molar-refractivity contribution is 0.0703. The van der Waals surface area contributed by atoms with Crippen LogP contribution in [0.15, 0.2) is 28.8 Å². The topological polar surface area (TPSA) is 59.2 Å². The van der Waals surface area contributed by atoms with Gasteiger partial charge in [-0.1, -0.05) is 31.1 Å². The molecule has 2 aromatic heterocycles. The summed E-state index contributed by atoms with van der Waals surface area (Å²) in [6.07, 6.45) is 2.07. The number of aromatic nitrogens is 2. The van der Waals surface area contributed by atoms with Crippen molar-refractivity contribution >= 4 is 27.5 Å². The second-order valence-electron chi connectivity index (χ2n) is 7.27. The molecule has 136 valence electrons. The first-order chi connectivity index (χ1) is 12.5. The standard InChI is InChI=1S/C20H23N3O2S/c1-12(2)18-17(13(3)22-25-18)20(24)23-10-6-7-14(11-23)19-21-15-8-4-5-9-16(15)26-19/h4-5,8-9,12,14H,6-7,10-11H2,1-3H3/t14-/m1/s1. The van der Waals surface area contributed by atoms with Crippen molar-refractivity contribution in [2.45, 2.75) is 45.4 Å². The Morgan fingerprint density at radius 2 is 2.15 bits per heavy atom. The van der Waals surface area contributed by atoms with Crippen molar-refractivity contribution in [1.29, 1.82) is 0 Å². The number of fused-ring (bicyclic) bond motifs is 1. The molecule has 1 aliphatic rings. The Bertz CT molecular complexity index is 911. The number of hydrogen-bond donors (Lipinski definition) is 0. The Hall–Kier alpha value is -2.21. The van der Waals surface area contributed by atoms with Crippen LogP contribution in [-0.2, 0) is 0 Å². The number of amides is 1. The summed E-state index contributed by atoms with van der Waals surface area (Å²) in [7, 11) is 0. The van der Waals surface area contributed by atoms with E-state index < -0.39 is 0 Å². The molecule has 1 aromatic carbocycles. The summed E-state index contributed by atoms with van der Waals surface area (Å²) in [5.41, 5.74) is 2.37. The lowest BCUT2D eigenvalue weighted by atomic mass is 9.97. The number of piperidine rings is 1. The fraction of sp³-hybridized carbons (Fsp3) is 0.450. The molecule has 3 aromatic rings. The Labute approximate surface area is 157 Å². The zero-order valence-electron chi connectivity index (χ0n) is 15.4. The average molecular weight is 369 g/mol. The first-order valence-electron chi connectivity index (χ1n) is 9.15. The highest BCUT2D eigenvalue weighted by Gasteiger charge is 2.31. The molecule has 0 bridgehead atoms. The maximum absolute atomic E-state index is 13.2. The quantitative estimate of drug-likeness (QED) is 0.669. The number of rotatable bonds is 3. The molecule has 5 nitrogen and oxygen atoms in total. The third kappa shape index (κ3) is 3.03. The minimum atomic E-state index is 0.0401. The predicted octanol–water partition coefficient (Wildman–Crippen LogP) is 4.74. The van der Waals surface area contributed by atoms with Gasteiger partial charge in [0.1, 0.15) is 5.56 Å². The summed E-state index contributed by atoms with van der Waals surface area (Å²) < 4.78 is 6.62. The lowest BCUT2D eigenvalue weighted by Gasteiger charge is -2.32. The Balaban J connectivity index is 1.59. The van der Waals surface area contributed by atoms with E-state index in [4.69, 9.17) is 9.51 Å². The van der Waals surface area contributed by atoms with Gasteiger partial charge in [0.05, 0.1) is 20.9 Å². The molecule has 1 fully saturated rings. The molecular weight excluding hydrogens is 346 g/mol. The number of para-hydroxylation sites is 1. The molecule has 0 unspecified atom stereocenters. The van der Waals surface area contributed by atoms with Gasteiger partial charge < -0.3 is 9.42 Å². The van der Waals surface area contributed by atoms with Gasteiger partial charge >= 0.3 is 0 Å². The van der Waals surface area contributed by atoms with Gasteiger partial charge in [-0.25, -0.2) is 4.98 Å². The smallest absolute Gasteiger partial charge is 0.259 e. The summed E-state index contributed by atoms with van der Waals surface area (Å²) >= 11 is 1.75. The first-order valence-corrected chi connectivity index (χ1v) is 9.97. The van der Waals surface area contributed by atoms with Gasteiger partial charge in [-0.15, -0.1) is 11.3 Å². The first kappa shape index (κ1) is 17.2. The van der Waals surface area contributed by atoms with Crippen molar-refractivity contribution in [3.05, 3.63) is 46.3 Å². The highest BCUT2D eigenvalue weighted by Crippen LogP contribution is 2.34. The molecule has 0 saturated carbocycles. The highest BCUT2D eigenvalue weighted by atomic mass is 32.1. The van der Waals surface area contributed by atoms with Crippen molar-refractivity contribution in [1.82, 2.24) is 15.0 Å². The number of benzene rings is 1. The van der Waals surface area contributed by atoms with Crippen LogP contribution in [0.3, 0.4) is 0 Å². The maximum atomic E-state index is 13.2. The maximum Gasteiger partial charge on any atom is 0.259 e. The van der Waals surface area contributed by atoms with Crippen molar-refractivity contribution in [3.8, 4) is 0 Å². The largest absolute Gasteiger partial charge is 0.360 e. The Morgan fingerprint density at radius 3 is 2.92 bits per heavy atom. The van der Waals surface area contributed by atoms with Gasteiger partial charge in [0, 0.05) is 24.9 Å². The van der Waals surface area contributed by atoms with Crippen LogP contribution in [0.25, 0.3) is 10.2 Å². The van der Waals surface area contributed by atoms with Crippen LogP contribution in [0.2, 0.25) is 0 Å². The van der Waals surface area contributed by atoms with Gasteiger partial charge in [0.25, 0.3) is 5.91 Å². The molecule has 0 spiro atoms. The number of carbonyl (C=O) groups excluding carboxylic acids is 1. The Morgan fingerprint density at radius 1 is 1.35 bits per heavy atom. The molecule has 4 rings (SSSR count). The molecule has 0 N–H and O–H groups in total. The van der Waals surface area contributed by atoms with E-state index in [0.29, 0.717) is 29.5 Å². The van der Waals surface area contributed by atoms with E-state index in [2.05, 4.69) is 17.3 Å². The molecule has 26 heavy (non-hydrogen) atoms. The van der Waals surface area contributed by atoms with Crippen molar-refractivity contribution in [2.75, 3.05) is 13.1 Å². The molecule has 1 aliphatic heterocycles. The van der Waals surface area contributed by atoms with Crippen molar-refractivity contribution in [2.24, 2.45) is 0 Å². The summed E-state index contributed by atoms with van der Waals surface area (Å²) in [4.78, 5) is 19.9. The van der Waals surface area contributed by atoms with E-state index in [9.17, 15) is 4.79 Å². The van der Waals surface area contributed by atoms with Gasteiger partial charge in [-0.3, -0.25) is 4.79 Å². The van der Waals surface area contributed by atoms with Crippen LogP contribution in [0.1, 0.15) is 65.3 Å². The molecule has 1 atom stereocenters. The van der Waals surface area contributed by atoms with Crippen LogP contribution >= 0.6 is 11.3 Å². The van der Waals surface area contributed by atoms with Gasteiger partial charge in [-0.05, 0) is 31.9 Å². The van der Waals surface area contributed by atoms with Gasteiger partial charge in [0.2, 0.25) is 0 Å². The summed E-state index contributed by atoms with van der Waals surface area (Å²) in [5, 5.41) is 5.16. The Kier molecular flexibility index (Phi) is 4.53. The average Bonchev–Trinajstić information content (AvgIpc) is 3.24. The van der Waals surface area contributed by atoms with E-state index in [1.165, 1.54) is 4.70 Å². The zero-order valence-corrected chi connectivity index (χ0v) is 16.2. The second kappa shape index (κ2) is 6.83. The molecular formula is C20H23N3O2S. The SMILES string of the molecule is Cc1noc(C(C)C)c1C(=O)N1CCC[C@@H](c2nc3ccccc3s2)C1. The van der Waals surface area contributed by atoms with Gasteiger partial charge in [-0.2, -0.15) is 0 Å². The fourth-order valence-corrected chi connectivity index (χ4v) is 4.72. The third-order valence-corrected chi connectivity index (χ3v) is 6.19. The van der Waals surface area contributed by atoms with Crippen LogP contribution in [0.4, 0.5) is 0 Å². The van der Waals surface area contributed by atoms with Gasteiger partial charge in [0.15, 0.2) is 5.76 Å². The lowest BCUT2D eigenvalue weighted by Crippen LogP contribution is -2.39. The highest BCUT2D eigenvalue weighted by molar-refractivity contribution is 7.18. The molecule has 6 heteroatoms.